The summed E-state index contributed by atoms with van der Waals surface area (Å²) in [5.74, 6) is 0. The summed E-state index contributed by atoms with van der Waals surface area (Å²) < 4.78 is 27.9. The van der Waals surface area contributed by atoms with Gasteiger partial charge in [-0.2, -0.15) is 4.31 Å². The lowest BCUT2D eigenvalue weighted by Gasteiger charge is -2.36. The molecule has 1 fully saturated rings. The molecular formula is C18H21BrN2O2S. The number of piperazine rings is 1. The number of hydrogen-bond acceptors (Lipinski definition) is 3. The third-order valence-corrected chi connectivity index (χ3v) is 6.77. The standard InChI is InChI=1S/C18H21BrN2O2S/c1-14-6-7-15(2)18(12-14)20-8-10-21(11-9-20)24(22,23)17-5-3-4-16(19)13-17/h3-7,12-13H,8-11H2,1-2H3. The minimum atomic E-state index is -3.43. The van der Waals surface area contributed by atoms with E-state index in [0.29, 0.717) is 31.1 Å². The molecule has 0 aromatic heterocycles. The average Bonchev–Trinajstić information content (AvgIpc) is 2.57. The second kappa shape index (κ2) is 6.86. The number of benzene rings is 2. The minimum absolute atomic E-state index is 0.345. The topological polar surface area (TPSA) is 40.6 Å². The summed E-state index contributed by atoms with van der Waals surface area (Å²) in [5.41, 5.74) is 3.65. The van der Waals surface area contributed by atoms with Gasteiger partial charge < -0.3 is 4.90 Å². The summed E-state index contributed by atoms with van der Waals surface area (Å²) in [4.78, 5) is 2.62. The number of hydrogen-bond donors (Lipinski definition) is 0. The van der Waals surface area contributed by atoms with E-state index in [2.05, 4.69) is 52.9 Å². The van der Waals surface area contributed by atoms with Crippen LogP contribution < -0.4 is 4.90 Å². The normalized spacial score (nSPS) is 16.4. The summed E-state index contributed by atoms with van der Waals surface area (Å²) in [6.07, 6.45) is 0. The SMILES string of the molecule is Cc1ccc(C)c(N2CCN(S(=O)(=O)c3cccc(Br)c3)CC2)c1. The minimum Gasteiger partial charge on any atom is -0.369 e. The van der Waals surface area contributed by atoms with E-state index in [0.717, 1.165) is 4.47 Å². The van der Waals surface area contributed by atoms with Gasteiger partial charge in [-0.05, 0) is 49.2 Å². The van der Waals surface area contributed by atoms with Crippen molar-refractivity contribution in [3.8, 4) is 0 Å². The van der Waals surface area contributed by atoms with E-state index in [-0.39, 0.29) is 0 Å². The molecule has 2 aromatic carbocycles. The zero-order valence-corrected chi connectivity index (χ0v) is 16.3. The summed E-state index contributed by atoms with van der Waals surface area (Å²) >= 11 is 3.34. The maximum atomic E-state index is 12.8. The van der Waals surface area contributed by atoms with Gasteiger partial charge in [0.1, 0.15) is 0 Å². The van der Waals surface area contributed by atoms with E-state index in [1.54, 1.807) is 22.5 Å². The van der Waals surface area contributed by atoms with Crippen molar-refractivity contribution >= 4 is 31.6 Å². The number of nitrogens with zero attached hydrogens (tertiary/aromatic N) is 2. The Balaban J connectivity index is 1.76. The molecule has 0 atom stereocenters. The molecule has 0 bridgehead atoms. The Morgan fingerprint density at radius 3 is 2.33 bits per heavy atom. The number of sulfonamides is 1. The van der Waals surface area contributed by atoms with Crippen molar-refractivity contribution in [3.63, 3.8) is 0 Å². The van der Waals surface area contributed by atoms with Crippen LogP contribution in [0.1, 0.15) is 11.1 Å². The van der Waals surface area contributed by atoms with E-state index in [9.17, 15) is 8.42 Å². The molecule has 0 N–H and O–H groups in total. The number of halogens is 1. The van der Waals surface area contributed by atoms with Crippen molar-refractivity contribution in [1.82, 2.24) is 4.31 Å². The zero-order valence-electron chi connectivity index (χ0n) is 13.9. The molecule has 0 saturated carbocycles. The molecule has 0 unspecified atom stereocenters. The molecule has 128 valence electrons. The Labute approximate surface area is 152 Å². The monoisotopic (exact) mass is 408 g/mol. The van der Waals surface area contributed by atoms with E-state index in [4.69, 9.17) is 0 Å². The number of anilines is 1. The van der Waals surface area contributed by atoms with Crippen molar-refractivity contribution in [1.29, 1.82) is 0 Å². The van der Waals surface area contributed by atoms with Crippen molar-refractivity contribution in [2.45, 2.75) is 18.7 Å². The highest BCUT2D eigenvalue weighted by Gasteiger charge is 2.29. The molecule has 6 heteroatoms. The van der Waals surface area contributed by atoms with Crippen LogP contribution in [-0.4, -0.2) is 38.9 Å². The van der Waals surface area contributed by atoms with Crippen LogP contribution in [-0.2, 0) is 10.0 Å². The van der Waals surface area contributed by atoms with Gasteiger partial charge in [0.2, 0.25) is 10.0 Å². The zero-order chi connectivity index (χ0) is 17.3. The summed E-state index contributed by atoms with van der Waals surface area (Å²) in [6.45, 7) is 6.59. The predicted octanol–water partition coefficient (Wildman–Crippen LogP) is 3.58. The summed E-state index contributed by atoms with van der Waals surface area (Å²) in [7, 11) is -3.43. The molecule has 0 amide bonds. The Morgan fingerprint density at radius 2 is 1.67 bits per heavy atom. The maximum Gasteiger partial charge on any atom is 0.243 e. The van der Waals surface area contributed by atoms with Gasteiger partial charge in [0.25, 0.3) is 0 Å². The Hall–Kier alpha value is -1.37. The molecule has 4 nitrogen and oxygen atoms in total. The third-order valence-electron chi connectivity index (χ3n) is 4.38. The first-order valence-corrected chi connectivity index (χ1v) is 10.2. The first kappa shape index (κ1) is 17.5. The third kappa shape index (κ3) is 3.50. The fourth-order valence-electron chi connectivity index (χ4n) is 3.01. The van der Waals surface area contributed by atoms with Gasteiger partial charge in [-0.25, -0.2) is 8.42 Å². The Kier molecular flexibility index (Phi) is 4.99. The van der Waals surface area contributed by atoms with Gasteiger partial charge in [0, 0.05) is 36.3 Å². The molecule has 0 radical (unpaired) electrons. The van der Waals surface area contributed by atoms with Crippen LogP contribution in [0.25, 0.3) is 0 Å². The highest BCUT2D eigenvalue weighted by Crippen LogP contribution is 2.25. The predicted molar refractivity (Wildman–Crippen MR) is 101 cm³/mol. The Morgan fingerprint density at radius 1 is 0.958 bits per heavy atom. The lowest BCUT2D eigenvalue weighted by Crippen LogP contribution is -2.48. The summed E-state index contributed by atoms with van der Waals surface area (Å²) in [5, 5.41) is 0. The molecule has 0 aliphatic carbocycles. The van der Waals surface area contributed by atoms with Crippen molar-refractivity contribution < 1.29 is 8.42 Å². The lowest BCUT2D eigenvalue weighted by atomic mass is 10.1. The molecule has 2 aromatic rings. The van der Waals surface area contributed by atoms with E-state index < -0.39 is 10.0 Å². The van der Waals surface area contributed by atoms with Gasteiger partial charge in [0.05, 0.1) is 4.90 Å². The largest absolute Gasteiger partial charge is 0.369 e. The van der Waals surface area contributed by atoms with Gasteiger partial charge in [-0.1, -0.05) is 34.1 Å². The van der Waals surface area contributed by atoms with Gasteiger partial charge in [0.15, 0.2) is 0 Å². The van der Waals surface area contributed by atoms with Crippen LogP contribution in [0.2, 0.25) is 0 Å². The lowest BCUT2D eigenvalue weighted by molar-refractivity contribution is 0.384. The molecule has 1 saturated heterocycles. The van der Waals surface area contributed by atoms with E-state index in [1.807, 2.05) is 6.07 Å². The molecule has 3 rings (SSSR count). The fraction of sp³-hybridized carbons (Fsp3) is 0.333. The molecule has 24 heavy (non-hydrogen) atoms. The average molecular weight is 409 g/mol. The number of aryl methyl sites for hydroxylation is 2. The van der Waals surface area contributed by atoms with E-state index in [1.165, 1.54) is 16.8 Å². The smallest absolute Gasteiger partial charge is 0.243 e. The first-order chi connectivity index (χ1) is 11.4. The number of rotatable bonds is 3. The quantitative estimate of drug-likeness (QED) is 0.778. The van der Waals surface area contributed by atoms with E-state index >= 15 is 0 Å². The van der Waals surface area contributed by atoms with Crippen molar-refractivity contribution in [2.24, 2.45) is 0 Å². The second-order valence-electron chi connectivity index (χ2n) is 6.14. The fourth-order valence-corrected chi connectivity index (χ4v) is 5.03. The molecule has 1 heterocycles. The molecule has 0 spiro atoms. The maximum absolute atomic E-state index is 12.8. The van der Waals surface area contributed by atoms with Gasteiger partial charge >= 0.3 is 0 Å². The molecular weight excluding hydrogens is 388 g/mol. The van der Waals surface area contributed by atoms with Crippen molar-refractivity contribution in [2.75, 3.05) is 31.1 Å². The van der Waals surface area contributed by atoms with Crippen LogP contribution in [0, 0.1) is 13.8 Å². The Bertz CT molecular complexity index is 844. The van der Waals surface area contributed by atoms with Crippen LogP contribution in [0.3, 0.4) is 0 Å². The van der Waals surface area contributed by atoms with Crippen LogP contribution >= 0.6 is 15.9 Å². The highest BCUT2D eigenvalue weighted by atomic mass is 79.9. The highest BCUT2D eigenvalue weighted by molar-refractivity contribution is 9.10. The van der Waals surface area contributed by atoms with Crippen LogP contribution in [0.15, 0.2) is 51.8 Å². The van der Waals surface area contributed by atoms with Crippen LogP contribution in [0.5, 0.6) is 0 Å². The summed E-state index contributed by atoms with van der Waals surface area (Å²) in [6, 6.07) is 13.3. The molecule has 1 aliphatic rings. The second-order valence-corrected chi connectivity index (χ2v) is 8.99. The van der Waals surface area contributed by atoms with Gasteiger partial charge in [-0.15, -0.1) is 0 Å². The van der Waals surface area contributed by atoms with Crippen LogP contribution in [0.4, 0.5) is 5.69 Å². The molecule has 1 aliphatic heterocycles. The van der Waals surface area contributed by atoms with Gasteiger partial charge in [-0.3, -0.25) is 0 Å². The van der Waals surface area contributed by atoms with Crippen molar-refractivity contribution in [3.05, 3.63) is 58.1 Å². The first-order valence-electron chi connectivity index (χ1n) is 7.96.